The molecule has 4 heteroatoms. The van der Waals surface area contributed by atoms with Crippen molar-refractivity contribution in [2.24, 2.45) is 0 Å². The largest absolute Gasteiger partial charge is 0.473 e. The molecular formula is C17H19N3O. The Labute approximate surface area is 125 Å². The monoisotopic (exact) mass is 281 g/mol. The second kappa shape index (κ2) is 6.76. The van der Waals surface area contributed by atoms with Gasteiger partial charge in [-0.25, -0.2) is 4.98 Å². The molecule has 0 radical (unpaired) electrons. The van der Waals surface area contributed by atoms with Crippen molar-refractivity contribution in [3.63, 3.8) is 0 Å². The minimum Gasteiger partial charge on any atom is -0.473 e. The van der Waals surface area contributed by atoms with E-state index in [-0.39, 0.29) is 6.10 Å². The summed E-state index contributed by atoms with van der Waals surface area (Å²) in [7, 11) is 0. The molecule has 1 aromatic carbocycles. The summed E-state index contributed by atoms with van der Waals surface area (Å²) in [6.07, 6.45) is 1.80. The van der Waals surface area contributed by atoms with E-state index in [0.29, 0.717) is 18.0 Å². The fourth-order valence-electron chi connectivity index (χ4n) is 2.00. The fraction of sp³-hybridized carbons (Fsp3) is 0.294. The molecule has 0 saturated carbocycles. The van der Waals surface area contributed by atoms with Gasteiger partial charge in [-0.05, 0) is 56.2 Å². The Kier molecular flexibility index (Phi) is 4.78. The van der Waals surface area contributed by atoms with Crippen LogP contribution in [0.3, 0.4) is 0 Å². The molecule has 1 N–H and O–H groups in total. The smallest absolute Gasteiger partial charge is 0.237 e. The summed E-state index contributed by atoms with van der Waals surface area (Å²) in [4.78, 5) is 4.25. The molecule has 0 atom stereocenters. The first-order valence-corrected chi connectivity index (χ1v) is 6.95. The molecule has 0 aliphatic carbocycles. The molecule has 0 saturated heterocycles. The molecule has 1 heterocycles. The van der Waals surface area contributed by atoms with Gasteiger partial charge < -0.3 is 10.1 Å². The standard InChI is InChI=1S/C17H19N3O/c1-12(2)21-17-16(5-4-8-19-17)20-11-15-7-6-14(10-18)9-13(15)3/h4-9,12,20H,11H2,1-3H3. The van der Waals surface area contributed by atoms with E-state index in [4.69, 9.17) is 10.00 Å². The Morgan fingerprint density at radius 2 is 2.14 bits per heavy atom. The van der Waals surface area contributed by atoms with Crippen LogP contribution in [0.5, 0.6) is 5.88 Å². The van der Waals surface area contributed by atoms with Crippen LogP contribution < -0.4 is 10.1 Å². The summed E-state index contributed by atoms with van der Waals surface area (Å²) in [5.41, 5.74) is 3.79. The van der Waals surface area contributed by atoms with E-state index in [9.17, 15) is 0 Å². The number of hydrogen-bond donors (Lipinski definition) is 1. The maximum absolute atomic E-state index is 8.89. The average Bonchev–Trinajstić information content (AvgIpc) is 2.46. The van der Waals surface area contributed by atoms with Crippen molar-refractivity contribution >= 4 is 5.69 Å². The van der Waals surface area contributed by atoms with Crippen LogP contribution in [0, 0.1) is 18.3 Å². The molecule has 0 spiro atoms. The van der Waals surface area contributed by atoms with Crippen molar-refractivity contribution in [3.8, 4) is 11.9 Å². The highest BCUT2D eigenvalue weighted by atomic mass is 16.5. The number of benzene rings is 1. The summed E-state index contributed by atoms with van der Waals surface area (Å²) in [5, 5.41) is 12.2. The molecule has 0 amide bonds. The van der Waals surface area contributed by atoms with Gasteiger partial charge in [0.2, 0.25) is 5.88 Å². The number of nitrogens with one attached hydrogen (secondary N) is 1. The highest BCUT2D eigenvalue weighted by Crippen LogP contribution is 2.23. The fourth-order valence-corrected chi connectivity index (χ4v) is 2.00. The van der Waals surface area contributed by atoms with Crippen LogP contribution in [0.15, 0.2) is 36.5 Å². The van der Waals surface area contributed by atoms with E-state index in [1.54, 1.807) is 6.20 Å². The number of hydrogen-bond acceptors (Lipinski definition) is 4. The Bertz CT molecular complexity index is 659. The minimum absolute atomic E-state index is 0.0806. The van der Waals surface area contributed by atoms with E-state index in [2.05, 4.69) is 16.4 Å². The second-order valence-electron chi connectivity index (χ2n) is 5.13. The van der Waals surface area contributed by atoms with E-state index in [1.165, 1.54) is 0 Å². The van der Waals surface area contributed by atoms with Gasteiger partial charge in [0.25, 0.3) is 0 Å². The zero-order valence-corrected chi connectivity index (χ0v) is 12.6. The minimum atomic E-state index is 0.0806. The lowest BCUT2D eigenvalue weighted by atomic mass is 10.1. The van der Waals surface area contributed by atoms with Crippen molar-refractivity contribution in [2.45, 2.75) is 33.4 Å². The van der Waals surface area contributed by atoms with Gasteiger partial charge in [0.1, 0.15) is 0 Å². The molecule has 1 aromatic heterocycles. The van der Waals surface area contributed by atoms with Crippen molar-refractivity contribution in [1.82, 2.24) is 4.98 Å². The third-order valence-electron chi connectivity index (χ3n) is 3.06. The number of nitriles is 1. The quantitative estimate of drug-likeness (QED) is 0.908. The van der Waals surface area contributed by atoms with Crippen molar-refractivity contribution in [1.29, 1.82) is 5.26 Å². The first kappa shape index (κ1) is 14.9. The van der Waals surface area contributed by atoms with Gasteiger partial charge in [0.15, 0.2) is 0 Å². The van der Waals surface area contributed by atoms with Gasteiger partial charge >= 0.3 is 0 Å². The Morgan fingerprint density at radius 3 is 2.81 bits per heavy atom. The SMILES string of the molecule is Cc1cc(C#N)ccc1CNc1cccnc1OC(C)C. The lowest BCUT2D eigenvalue weighted by molar-refractivity contribution is 0.234. The van der Waals surface area contributed by atoms with Gasteiger partial charge in [-0.3, -0.25) is 0 Å². The molecule has 2 aromatic rings. The van der Waals surface area contributed by atoms with Crippen molar-refractivity contribution in [2.75, 3.05) is 5.32 Å². The molecule has 0 bridgehead atoms. The lowest BCUT2D eigenvalue weighted by Crippen LogP contribution is -2.10. The molecular weight excluding hydrogens is 262 g/mol. The molecule has 21 heavy (non-hydrogen) atoms. The van der Waals surface area contributed by atoms with Crippen LogP contribution in [0.1, 0.15) is 30.5 Å². The number of aryl methyl sites for hydroxylation is 1. The topological polar surface area (TPSA) is 57.9 Å². The van der Waals surface area contributed by atoms with Gasteiger partial charge in [0, 0.05) is 12.7 Å². The van der Waals surface area contributed by atoms with Crippen LogP contribution in [-0.2, 0) is 6.54 Å². The summed E-state index contributed by atoms with van der Waals surface area (Å²) in [6, 6.07) is 11.7. The predicted octanol–water partition coefficient (Wildman–Crippen LogP) is 3.66. The van der Waals surface area contributed by atoms with E-state index < -0.39 is 0 Å². The van der Waals surface area contributed by atoms with Crippen LogP contribution in [0.25, 0.3) is 0 Å². The molecule has 108 valence electrons. The number of aromatic nitrogens is 1. The summed E-state index contributed by atoms with van der Waals surface area (Å²) < 4.78 is 5.68. The number of ether oxygens (including phenoxy) is 1. The molecule has 4 nitrogen and oxygen atoms in total. The summed E-state index contributed by atoms with van der Waals surface area (Å²) in [6.45, 7) is 6.62. The predicted molar refractivity (Wildman–Crippen MR) is 83.2 cm³/mol. The van der Waals surface area contributed by atoms with Crippen LogP contribution >= 0.6 is 0 Å². The zero-order valence-electron chi connectivity index (χ0n) is 12.6. The third-order valence-corrected chi connectivity index (χ3v) is 3.06. The maximum Gasteiger partial charge on any atom is 0.237 e. The summed E-state index contributed by atoms with van der Waals surface area (Å²) >= 11 is 0. The van der Waals surface area contributed by atoms with E-state index in [0.717, 1.165) is 16.8 Å². The van der Waals surface area contributed by atoms with Gasteiger partial charge in [-0.15, -0.1) is 0 Å². The van der Waals surface area contributed by atoms with Crippen molar-refractivity contribution in [3.05, 3.63) is 53.2 Å². The van der Waals surface area contributed by atoms with Gasteiger partial charge in [0.05, 0.1) is 23.4 Å². The maximum atomic E-state index is 8.89. The van der Waals surface area contributed by atoms with E-state index in [1.807, 2.05) is 51.1 Å². The second-order valence-corrected chi connectivity index (χ2v) is 5.13. The van der Waals surface area contributed by atoms with Crippen LogP contribution in [-0.4, -0.2) is 11.1 Å². The average molecular weight is 281 g/mol. The first-order chi connectivity index (χ1) is 10.1. The van der Waals surface area contributed by atoms with Gasteiger partial charge in [-0.1, -0.05) is 6.07 Å². The normalized spacial score (nSPS) is 10.2. The van der Waals surface area contributed by atoms with Crippen LogP contribution in [0.4, 0.5) is 5.69 Å². The number of rotatable bonds is 5. The van der Waals surface area contributed by atoms with Gasteiger partial charge in [-0.2, -0.15) is 5.26 Å². The number of anilines is 1. The van der Waals surface area contributed by atoms with Crippen molar-refractivity contribution < 1.29 is 4.74 Å². The van der Waals surface area contributed by atoms with E-state index >= 15 is 0 Å². The van der Waals surface area contributed by atoms with Crippen LogP contribution in [0.2, 0.25) is 0 Å². The Morgan fingerprint density at radius 1 is 1.33 bits per heavy atom. The molecule has 0 aliphatic heterocycles. The number of pyridine rings is 1. The lowest BCUT2D eigenvalue weighted by Gasteiger charge is -2.15. The number of nitrogens with zero attached hydrogens (tertiary/aromatic N) is 2. The molecule has 2 rings (SSSR count). The third kappa shape index (κ3) is 3.96. The Balaban J connectivity index is 2.12. The highest BCUT2D eigenvalue weighted by Gasteiger charge is 2.07. The molecule has 0 aliphatic rings. The molecule has 0 fully saturated rings. The Hall–Kier alpha value is -2.54. The zero-order chi connectivity index (χ0) is 15.2. The first-order valence-electron chi connectivity index (χ1n) is 6.95. The summed E-state index contributed by atoms with van der Waals surface area (Å²) in [5.74, 6) is 0.610. The molecule has 0 unspecified atom stereocenters. The highest BCUT2D eigenvalue weighted by molar-refractivity contribution is 5.53.